The predicted molar refractivity (Wildman–Crippen MR) is 118 cm³/mol. The van der Waals surface area contributed by atoms with E-state index < -0.39 is 0 Å². The Bertz CT molecular complexity index is 633. The van der Waals surface area contributed by atoms with Crippen LogP contribution in [0.2, 0.25) is 0 Å². The monoisotopic (exact) mass is 467 g/mol. The second kappa shape index (κ2) is 11.2. The molecular weight excluding hydrogens is 437 g/mol. The van der Waals surface area contributed by atoms with E-state index >= 15 is 0 Å². The van der Waals surface area contributed by atoms with Gasteiger partial charge in [-0.3, -0.25) is 4.99 Å². The minimum absolute atomic E-state index is 0. The fraction of sp³-hybridized carbons (Fsp3) is 0.500. The van der Waals surface area contributed by atoms with E-state index in [4.69, 9.17) is 4.99 Å². The molecule has 26 heavy (non-hydrogen) atoms. The number of rotatable bonds is 6. The van der Waals surface area contributed by atoms with E-state index in [0.717, 1.165) is 44.6 Å². The second-order valence-corrected chi connectivity index (χ2v) is 6.66. The summed E-state index contributed by atoms with van der Waals surface area (Å²) >= 11 is 0. The number of benzene rings is 1. The Morgan fingerprint density at radius 1 is 1.23 bits per heavy atom. The van der Waals surface area contributed by atoms with Gasteiger partial charge in [0.1, 0.15) is 0 Å². The van der Waals surface area contributed by atoms with E-state index in [1.165, 1.54) is 24.8 Å². The third kappa shape index (κ3) is 6.30. The number of nitrogens with zero attached hydrogens (tertiary/aromatic N) is 4. The number of guanidine groups is 1. The molecule has 142 valence electrons. The molecule has 1 aromatic heterocycles. The number of hydrogen-bond donors (Lipinski definition) is 1. The average molecular weight is 467 g/mol. The van der Waals surface area contributed by atoms with Crippen LogP contribution in [0.3, 0.4) is 0 Å². The Morgan fingerprint density at radius 2 is 2.00 bits per heavy atom. The molecule has 1 fully saturated rings. The molecule has 0 radical (unpaired) electrons. The summed E-state index contributed by atoms with van der Waals surface area (Å²) in [6.45, 7) is 6.88. The van der Waals surface area contributed by atoms with E-state index in [2.05, 4.69) is 57.0 Å². The molecule has 1 aliphatic heterocycles. The van der Waals surface area contributed by atoms with Crippen molar-refractivity contribution in [1.82, 2.24) is 19.8 Å². The molecule has 0 spiro atoms. The molecule has 1 aliphatic rings. The number of halogens is 1. The smallest absolute Gasteiger partial charge is 0.193 e. The zero-order valence-electron chi connectivity index (χ0n) is 15.6. The lowest BCUT2D eigenvalue weighted by Crippen LogP contribution is -2.46. The fourth-order valence-electron chi connectivity index (χ4n) is 3.41. The predicted octanol–water partition coefficient (Wildman–Crippen LogP) is 3.42. The third-order valence-electron chi connectivity index (χ3n) is 4.80. The first-order valence-corrected chi connectivity index (χ1v) is 9.38. The average Bonchev–Trinajstić information content (AvgIpc) is 3.16. The molecule has 1 saturated heterocycles. The number of aromatic nitrogens is 2. The molecule has 0 aliphatic carbocycles. The Balaban J connectivity index is 0.00000243. The van der Waals surface area contributed by atoms with Crippen LogP contribution in [0.25, 0.3) is 0 Å². The van der Waals surface area contributed by atoms with Crippen LogP contribution in [0.5, 0.6) is 0 Å². The van der Waals surface area contributed by atoms with Crippen LogP contribution in [-0.4, -0.2) is 46.6 Å². The Kier molecular flexibility index (Phi) is 8.94. The van der Waals surface area contributed by atoms with Crippen molar-refractivity contribution in [3.8, 4) is 0 Å². The largest absolute Gasteiger partial charge is 0.357 e. The number of likely N-dealkylation sites (tertiary alicyclic amines) is 1. The van der Waals surface area contributed by atoms with Gasteiger partial charge in [0.2, 0.25) is 0 Å². The number of piperidine rings is 1. The maximum atomic E-state index is 4.80. The highest BCUT2D eigenvalue weighted by molar-refractivity contribution is 14.0. The van der Waals surface area contributed by atoms with Crippen LogP contribution in [0, 0.1) is 5.92 Å². The molecule has 2 aromatic rings. The maximum absolute atomic E-state index is 4.80. The fourth-order valence-corrected chi connectivity index (χ4v) is 3.41. The van der Waals surface area contributed by atoms with Crippen molar-refractivity contribution in [2.45, 2.75) is 32.7 Å². The Labute approximate surface area is 173 Å². The van der Waals surface area contributed by atoms with Gasteiger partial charge in [0.15, 0.2) is 5.96 Å². The SMILES string of the molecule is CCNC(=NCCn1ccnc1)N1CCC(Cc2ccccc2)CC1.I. The molecule has 3 rings (SSSR count). The van der Waals surface area contributed by atoms with E-state index in [9.17, 15) is 0 Å². The van der Waals surface area contributed by atoms with E-state index in [1.54, 1.807) is 0 Å². The number of hydrogen-bond acceptors (Lipinski definition) is 2. The van der Waals surface area contributed by atoms with Gasteiger partial charge >= 0.3 is 0 Å². The third-order valence-corrected chi connectivity index (χ3v) is 4.80. The van der Waals surface area contributed by atoms with Crippen LogP contribution < -0.4 is 5.32 Å². The van der Waals surface area contributed by atoms with Crippen LogP contribution >= 0.6 is 24.0 Å². The van der Waals surface area contributed by atoms with Gasteiger partial charge in [-0.25, -0.2) is 4.98 Å². The molecule has 6 heteroatoms. The lowest BCUT2D eigenvalue weighted by molar-refractivity contribution is 0.259. The van der Waals surface area contributed by atoms with Crippen LogP contribution in [0.1, 0.15) is 25.3 Å². The second-order valence-electron chi connectivity index (χ2n) is 6.66. The van der Waals surface area contributed by atoms with Crippen LogP contribution in [0.4, 0.5) is 0 Å². The van der Waals surface area contributed by atoms with Gasteiger partial charge in [0.05, 0.1) is 12.9 Å². The van der Waals surface area contributed by atoms with Gasteiger partial charge in [0, 0.05) is 38.6 Å². The quantitative estimate of drug-likeness (QED) is 0.403. The number of nitrogens with one attached hydrogen (secondary N) is 1. The zero-order valence-corrected chi connectivity index (χ0v) is 17.9. The molecule has 0 saturated carbocycles. The molecule has 2 heterocycles. The van der Waals surface area contributed by atoms with Crippen molar-refractivity contribution in [2.24, 2.45) is 10.9 Å². The molecule has 0 bridgehead atoms. The van der Waals surface area contributed by atoms with Gasteiger partial charge in [-0.1, -0.05) is 30.3 Å². The zero-order chi connectivity index (χ0) is 17.3. The van der Waals surface area contributed by atoms with Gasteiger partial charge in [0.25, 0.3) is 0 Å². The molecule has 5 nitrogen and oxygen atoms in total. The van der Waals surface area contributed by atoms with Crippen LogP contribution in [0.15, 0.2) is 54.0 Å². The summed E-state index contributed by atoms with van der Waals surface area (Å²) in [4.78, 5) is 11.3. The topological polar surface area (TPSA) is 45.5 Å². The maximum Gasteiger partial charge on any atom is 0.193 e. The van der Waals surface area contributed by atoms with Crippen molar-refractivity contribution in [1.29, 1.82) is 0 Å². The normalized spacial score (nSPS) is 15.6. The van der Waals surface area contributed by atoms with E-state index in [1.807, 2.05) is 18.7 Å². The number of imidazole rings is 1. The van der Waals surface area contributed by atoms with Gasteiger partial charge < -0.3 is 14.8 Å². The first-order valence-electron chi connectivity index (χ1n) is 9.38. The number of aliphatic imine (C=N–C) groups is 1. The van der Waals surface area contributed by atoms with Crippen molar-refractivity contribution in [2.75, 3.05) is 26.2 Å². The summed E-state index contributed by atoms with van der Waals surface area (Å²) in [5, 5.41) is 3.45. The Morgan fingerprint density at radius 3 is 2.65 bits per heavy atom. The lowest BCUT2D eigenvalue weighted by Gasteiger charge is -2.34. The molecule has 1 aromatic carbocycles. The molecule has 0 atom stereocenters. The van der Waals surface area contributed by atoms with Crippen molar-refractivity contribution in [3.05, 3.63) is 54.6 Å². The first-order chi connectivity index (χ1) is 12.3. The molecule has 1 N–H and O–H groups in total. The molecule has 0 amide bonds. The summed E-state index contributed by atoms with van der Waals surface area (Å²) in [5.41, 5.74) is 1.46. The van der Waals surface area contributed by atoms with Crippen molar-refractivity contribution < 1.29 is 0 Å². The summed E-state index contributed by atoms with van der Waals surface area (Å²) < 4.78 is 2.07. The standard InChI is InChI=1S/C20H29N5.HI/c1-2-22-20(23-11-15-24-14-10-21-17-24)25-12-8-19(9-13-25)16-18-6-4-3-5-7-18;/h3-7,10,14,17,19H,2,8-9,11-13,15-16H2,1H3,(H,22,23);1H. The minimum Gasteiger partial charge on any atom is -0.357 e. The molecular formula is C20H30IN5. The minimum atomic E-state index is 0. The first kappa shape index (κ1) is 20.7. The highest BCUT2D eigenvalue weighted by atomic mass is 127. The summed E-state index contributed by atoms with van der Waals surface area (Å²) in [6.07, 6.45) is 9.31. The summed E-state index contributed by atoms with van der Waals surface area (Å²) in [6, 6.07) is 10.9. The summed E-state index contributed by atoms with van der Waals surface area (Å²) in [7, 11) is 0. The van der Waals surface area contributed by atoms with Crippen molar-refractivity contribution >= 4 is 29.9 Å². The van der Waals surface area contributed by atoms with Crippen LogP contribution in [-0.2, 0) is 13.0 Å². The van der Waals surface area contributed by atoms with E-state index in [0.29, 0.717) is 0 Å². The molecule has 0 unspecified atom stereocenters. The lowest BCUT2D eigenvalue weighted by atomic mass is 9.90. The van der Waals surface area contributed by atoms with Crippen molar-refractivity contribution in [3.63, 3.8) is 0 Å². The summed E-state index contributed by atoms with van der Waals surface area (Å²) in [5.74, 6) is 1.84. The van der Waals surface area contributed by atoms with Gasteiger partial charge in [-0.05, 0) is 37.7 Å². The highest BCUT2D eigenvalue weighted by Crippen LogP contribution is 2.21. The van der Waals surface area contributed by atoms with Gasteiger partial charge in [-0.2, -0.15) is 0 Å². The Hall–Kier alpha value is -1.57. The van der Waals surface area contributed by atoms with Gasteiger partial charge in [-0.15, -0.1) is 24.0 Å². The highest BCUT2D eigenvalue weighted by Gasteiger charge is 2.21. The van der Waals surface area contributed by atoms with E-state index in [-0.39, 0.29) is 24.0 Å².